The van der Waals surface area contributed by atoms with Crippen molar-refractivity contribution in [2.75, 3.05) is 6.54 Å². The van der Waals surface area contributed by atoms with Crippen LogP contribution in [-0.4, -0.2) is 12.6 Å². The van der Waals surface area contributed by atoms with Gasteiger partial charge in [-0.25, -0.2) is 0 Å². The molecule has 0 heterocycles. The Kier molecular flexibility index (Phi) is 3.78. The monoisotopic (exact) mass is 183 g/mol. The van der Waals surface area contributed by atoms with Crippen LogP contribution in [0.4, 0.5) is 0 Å². The van der Waals surface area contributed by atoms with Gasteiger partial charge in [0.15, 0.2) is 0 Å². The Hall–Kier alpha value is -0.0400. The van der Waals surface area contributed by atoms with E-state index in [1.54, 1.807) is 0 Å². The van der Waals surface area contributed by atoms with E-state index < -0.39 is 0 Å². The van der Waals surface area contributed by atoms with Crippen LogP contribution in [-0.2, 0) is 0 Å². The van der Waals surface area contributed by atoms with Gasteiger partial charge >= 0.3 is 0 Å². The molecule has 0 radical (unpaired) electrons. The van der Waals surface area contributed by atoms with Crippen LogP contribution in [0.2, 0.25) is 0 Å². The molecule has 0 spiro atoms. The zero-order chi connectivity index (χ0) is 9.90. The summed E-state index contributed by atoms with van der Waals surface area (Å²) in [6.45, 7) is 10.5. The summed E-state index contributed by atoms with van der Waals surface area (Å²) in [5.41, 5.74) is 0.613. The van der Waals surface area contributed by atoms with E-state index in [0.717, 1.165) is 18.5 Å². The molecule has 13 heavy (non-hydrogen) atoms. The van der Waals surface area contributed by atoms with E-state index in [2.05, 4.69) is 33.0 Å². The molecule has 1 nitrogen and oxygen atoms in total. The van der Waals surface area contributed by atoms with Crippen LogP contribution >= 0.6 is 0 Å². The standard InChI is InChI=1S/C12H25N/c1-5-10(3)12(4)8-7-11(9-12)13-6-2/h10-11,13H,5-9H2,1-4H3. The van der Waals surface area contributed by atoms with Crippen LogP contribution < -0.4 is 5.32 Å². The highest BCUT2D eigenvalue weighted by molar-refractivity contribution is 4.91. The number of nitrogens with one attached hydrogen (secondary N) is 1. The molecule has 1 aliphatic rings. The molecular formula is C12H25N. The molecule has 0 aromatic carbocycles. The Bertz CT molecular complexity index is 155. The first kappa shape index (κ1) is 11.0. The van der Waals surface area contributed by atoms with Gasteiger partial charge in [0.05, 0.1) is 0 Å². The average Bonchev–Trinajstić information content (AvgIpc) is 2.48. The average molecular weight is 183 g/mol. The van der Waals surface area contributed by atoms with Crippen molar-refractivity contribution < 1.29 is 0 Å². The summed E-state index contributed by atoms with van der Waals surface area (Å²) in [4.78, 5) is 0. The minimum atomic E-state index is 0.613. The van der Waals surface area contributed by atoms with Gasteiger partial charge in [-0.2, -0.15) is 0 Å². The Balaban J connectivity index is 2.45. The minimum Gasteiger partial charge on any atom is -0.314 e. The number of rotatable bonds is 4. The lowest BCUT2D eigenvalue weighted by molar-refractivity contribution is 0.199. The maximum absolute atomic E-state index is 3.58. The van der Waals surface area contributed by atoms with Crippen LogP contribution in [0, 0.1) is 11.3 Å². The third-order valence-corrected chi connectivity index (χ3v) is 4.07. The fourth-order valence-corrected chi connectivity index (χ4v) is 2.67. The molecule has 3 unspecified atom stereocenters. The van der Waals surface area contributed by atoms with Crippen LogP contribution in [0.5, 0.6) is 0 Å². The molecular weight excluding hydrogens is 158 g/mol. The highest BCUT2D eigenvalue weighted by atomic mass is 14.9. The molecule has 0 bridgehead atoms. The van der Waals surface area contributed by atoms with E-state index >= 15 is 0 Å². The van der Waals surface area contributed by atoms with Gasteiger partial charge in [0.1, 0.15) is 0 Å². The Morgan fingerprint density at radius 1 is 1.46 bits per heavy atom. The second-order valence-electron chi connectivity index (χ2n) is 4.96. The van der Waals surface area contributed by atoms with E-state index in [9.17, 15) is 0 Å². The Labute approximate surface area is 83.3 Å². The number of hydrogen-bond acceptors (Lipinski definition) is 1. The molecule has 1 fully saturated rings. The van der Waals surface area contributed by atoms with E-state index in [-0.39, 0.29) is 0 Å². The van der Waals surface area contributed by atoms with Gasteiger partial charge in [0.25, 0.3) is 0 Å². The van der Waals surface area contributed by atoms with Gasteiger partial charge in [-0.15, -0.1) is 0 Å². The predicted molar refractivity (Wildman–Crippen MR) is 58.9 cm³/mol. The first-order chi connectivity index (χ1) is 6.12. The lowest BCUT2D eigenvalue weighted by Crippen LogP contribution is -2.29. The van der Waals surface area contributed by atoms with Gasteiger partial charge in [0.2, 0.25) is 0 Å². The first-order valence-electron chi connectivity index (χ1n) is 5.85. The van der Waals surface area contributed by atoms with E-state index in [1.807, 2.05) is 0 Å². The fraction of sp³-hybridized carbons (Fsp3) is 1.00. The molecule has 78 valence electrons. The van der Waals surface area contributed by atoms with Crippen molar-refractivity contribution in [1.82, 2.24) is 5.32 Å². The largest absolute Gasteiger partial charge is 0.314 e. The highest BCUT2D eigenvalue weighted by Gasteiger charge is 2.37. The summed E-state index contributed by atoms with van der Waals surface area (Å²) in [6.07, 6.45) is 5.51. The van der Waals surface area contributed by atoms with E-state index in [4.69, 9.17) is 0 Å². The second kappa shape index (κ2) is 4.45. The zero-order valence-corrected chi connectivity index (χ0v) is 9.69. The van der Waals surface area contributed by atoms with Crippen molar-refractivity contribution in [2.24, 2.45) is 11.3 Å². The summed E-state index contributed by atoms with van der Waals surface area (Å²) in [5.74, 6) is 0.885. The Morgan fingerprint density at radius 3 is 2.69 bits per heavy atom. The third-order valence-electron chi connectivity index (χ3n) is 4.07. The van der Waals surface area contributed by atoms with Crippen LogP contribution in [0.1, 0.15) is 53.4 Å². The van der Waals surface area contributed by atoms with Crippen molar-refractivity contribution in [2.45, 2.75) is 59.4 Å². The molecule has 1 heteroatoms. The zero-order valence-electron chi connectivity index (χ0n) is 9.69. The Morgan fingerprint density at radius 2 is 2.15 bits per heavy atom. The molecule has 0 aliphatic heterocycles. The smallest absolute Gasteiger partial charge is 0.00724 e. The molecule has 1 aliphatic carbocycles. The number of hydrogen-bond donors (Lipinski definition) is 1. The van der Waals surface area contributed by atoms with Crippen molar-refractivity contribution in [1.29, 1.82) is 0 Å². The van der Waals surface area contributed by atoms with Crippen LogP contribution in [0.15, 0.2) is 0 Å². The summed E-state index contributed by atoms with van der Waals surface area (Å²) < 4.78 is 0. The summed E-state index contributed by atoms with van der Waals surface area (Å²) in [6, 6.07) is 0.795. The van der Waals surface area contributed by atoms with Gasteiger partial charge in [-0.3, -0.25) is 0 Å². The summed E-state index contributed by atoms with van der Waals surface area (Å²) in [5, 5.41) is 3.58. The molecule has 1 saturated carbocycles. The highest BCUT2D eigenvalue weighted by Crippen LogP contribution is 2.44. The maximum atomic E-state index is 3.58. The van der Waals surface area contributed by atoms with E-state index in [1.165, 1.54) is 25.7 Å². The predicted octanol–water partition coefficient (Wildman–Crippen LogP) is 3.20. The SMILES string of the molecule is CCNC1CCC(C)(C(C)CC)C1. The molecule has 0 aromatic rings. The summed E-state index contributed by atoms with van der Waals surface area (Å²) in [7, 11) is 0. The molecule has 0 amide bonds. The fourth-order valence-electron chi connectivity index (χ4n) is 2.67. The van der Waals surface area contributed by atoms with Crippen LogP contribution in [0.3, 0.4) is 0 Å². The first-order valence-corrected chi connectivity index (χ1v) is 5.85. The quantitative estimate of drug-likeness (QED) is 0.706. The molecule has 1 N–H and O–H groups in total. The van der Waals surface area contributed by atoms with E-state index in [0.29, 0.717) is 5.41 Å². The molecule has 0 aromatic heterocycles. The van der Waals surface area contributed by atoms with Crippen molar-refractivity contribution in [3.8, 4) is 0 Å². The van der Waals surface area contributed by atoms with Gasteiger partial charge < -0.3 is 5.32 Å². The molecule has 1 rings (SSSR count). The van der Waals surface area contributed by atoms with Gasteiger partial charge in [-0.1, -0.05) is 34.1 Å². The summed E-state index contributed by atoms with van der Waals surface area (Å²) >= 11 is 0. The van der Waals surface area contributed by atoms with Crippen molar-refractivity contribution in [3.05, 3.63) is 0 Å². The maximum Gasteiger partial charge on any atom is 0.00724 e. The minimum absolute atomic E-state index is 0.613. The normalized spacial score (nSPS) is 36.5. The van der Waals surface area contributed by atoms with Gasteiger partial charge in [-0.05, 0) is 37.1 Å². The second-order valence-corrected chi connectivity index (χ2v) is 4.96. The van der Waals surface area contributed by atoms with Crippen molar-refractivity contribution >= 4 is 0 Å². The van der Waals surface area contributed by atoms with Crippen LogP contribution in [0.25, 0.3) is 0 Å². The van der Waals surface area contributed by atoms with Gasteiger partial charge in [0, 0.05) is 6.04 Å². The third kappa shape index (κ3) is 2.46. The molecule has 0 saturated heterocycles. The topological polar surface area (TPSA) is 12.0 Å². The lowest BCUT2D eigenvalue weighted by Gasteiger charge is -2.31. The van der Waals surface area contributed by atoms with Crippen molar-refractivity contribution in [3.63, 3.8) is 0 Å². The lowest BCUT2D eigenvalue weighted by atomic mass is 9.75. The molecule has 3 atom stereocenters.